The summed E-state index contributed by atoms with van der Waals surface area (Å²) in [5.41, 5.74) is 0. The van der Waals surface area contributed by atoms with Crippen LogP contribution in [0.4, 0.5) is 0 Å². The van der Waals surface area contributed by atoms with Crippen molar-refractivity contribution in [1.29, 1.82) is 0 Å². The van der Waals surface area contributed by atoms with Crippen LogP contribution in [0, 0.1) is 0 Å². The number of allylic oxidation sites excluding steroid dienone is 29. The van der Waals surface area contributed by atoms with Crippen molar-refractivity contribution < 1.29 is 28.6 Å². The van der Waals surface area contributed by atoms with E-state index in [-0.39, 0.29) is 44.4 Å². The zero-order valence-electron chi connectivity index (χ0n) is 53.1. The first-order chi connectivity index (χ1) is 41.0. The SMILES string of the molecule is CC/C=C\C/C=C\C/C=C\C/C=C\C/C=C\C/C=C\C/C=C\C/C=C\CCCCC(=O)OCC(COC(=O)C/C=C\C/C=C\C/C=C\C/C=C\C/C=C\CC)OC(=O)CCCCCCCCCCCCC/C=C\C/C=C\CCCCCCC. The molecule has 0 saturated carbocycles. The Labute approximate surface area is 510 Å². The second kappa shape index (κ2) is 69.0. The maximum atomic E-state index is 12.9. The van der Waals surface area contributed by atoms with Gasteiger partial charge in [0.1, 0.15) is 13.2 Å². The van der Waals surface area contributed by atoms with Crippen LogP contribution in [0.25, 0.3) is 0 Å². The van der Waals surface area contributed by atoms with Crippen molar-refractivity contribution in [3.63, 3.8) is 0 Å². The quantitative estimate of drug-likeness (QED) is 0.0261. The zero-order valence-corrected chi connectivity index (χ0v) is 53.1. The first-order valence-electron chi connectivity index (χ1n) is 33.3. The van der Waals surface area contributed by atoms with Gasteiger partial charge in [-0.15, -0.1) is 0 Å². The Bertz CT molecular complexity index is 1940. The van der Waals surface area contributed by atoms with Crippen LogP contribution in [0.3, 0.4) is 0 Å². The minimum atomic E-state index is -0.849. The molecule has 83 heavy (non-hydrogen) atoms. The Hall–Kier alpha value is -5.49. The van der Waals surface area contributed by atoms with Crippen LogP contribution in [0.2, 0.25) is 0 Å². The second-order valence-corrected chi connectivity index (χ2v) is 21.3. The molecule has 6 heteroatoms. The van der Waals surface area contributed by atoms with Crippen LogP contribution in [0.5, 0.6) is 0 Å². The van der Waals surface area contributed by atoms with Gasteiger partial charge < -0.3 is 14.2 Å². The Balaban J connectivity index is 4.54. The predicted molar refractivity (Wildman–Crippen MR) is 361 cm³/mol. The van der Waals surface area contributed by atoms with Gasteiger partial charge >= 0.3 is 17.9 Å². The third-order valence-electron chi connectivity index (χ3n) is 13.4. The molecule has 0 saturated heterocycles. The molecule has 0 aliphatic carbocycles. The molecule has 0 fully saturated rings. The van der Waals surface area contributed by atoms with Gasteiger partial charge in [0.05, 0.1) is 6.42 Å². The molecular formula is C77H120O6. The standard InChI is InChI=1S/C77H120O6/c1-4-7-10-13-16-19-22-25-28-30-32-34-36-37-38-39-41-42-44-46-49-52-55-58-61-64-67-70-76(79)82-73-74(72-81-75(78)69-66-63-60-57-54-51-48-27-24-21-18-15-12-9-6-3)83-77(80)71-68-65-62-59-56-53-50-47-45-43-40-35-33-31-29-26-23-20-17-14-11-8-5-2/h7,9-10,12,16,18-19,21,23,25-28,31-34,37-38,41-42,46,48-49,54-55,57-58,63,66,74H,4-6,8,11,13-15,17,20,22,24,29-30,35-36,39-40,43-45,47,50-53,56,59-62,64-65,67-73H2,1-3H3/b10-7-,12-9-,19-16-,21-18-,26-23-,28-25-,33-31-,34-32-,38-37-,42-41-,48-27-,49-46-,57-54-,58-55-,66-63-. The van der Waals surface area contributed by atoms with Crippen LogP contribution in [-0.2, 0) is 28.6 Å². The fraction of sp³-hybridized carbons (Fsp3) is 0.571. The fourth-order valence-corrected chi connectivity index (χ4v) is 8.50. The van der Waals surface area contributed by atoms with Gasteiger partial charge in [-0.25, -0.2) is 0 Å². The number of unbranched alkanes of at least 4 members (excludes halogenated alkanes) is 18. The maximum Gasteiger partial charge on any atom is 0.309 e. The van der Waals surface area contributed by atoms with Gasteiger partial charge in [-0.3, -0.25) is 14.4 Å². The van der Waals surface area contributed by atoms with Crippen LogP contribution < -0.4 is 0 Å². The summed E-state index contributed by atoms with van der Waals surface area (Å²) in [5, 5.41) is 0. The van der Waals surface area contributed by atoms with Gasteiger partial charge in [-0.1, -0.05) is 287 Å². The van der Waals surface area contributed by atoms with E-state index < -0.39 is 12.1 Å². The number of esters is 3. The summed E-state index contributed by atoms with van der Waals surface area (Å²) >= 11 is 0. The lowest BCUT2D eigenvalue weighted by molar-refractivity contribution is -0.166. The summed E-state index contributed by atoms with van der Waals surface area (Å²) < 4.78 is 16.8. The van der Waals surface area contributed by atoms with E-state index >= 15 is 0 Å². The summed E-state index contributed by atoms with van der Waals surface area (Å²) in [6.07, 6.45) is 104. The van der Waals surface area contributed by atoms with Crippen molar-refractivity contribution in [3.8, 4) is 0 Å². The molecule has 0 rings (SSSR count). The summed E-state index contributed by atoms with van der Waals surface area (Å²) in [7, 11) is 0. The molecule has 1 unspecified atom stereocenters. The number of hydrogen-bond donors (Lipinski definition) is 0. The molecule has 0 aromatic rings. The molecule has 0 heterocycles. The molecule has 0 aliphatic heterocycles. The minimum Gasteiger partial charge on any atom is -0.462 e. The summed E-state index contributed by atoms with van der Waals surface area (Å²) in [4.78, 5) is 38.3. The highest BCUT2D eigenvalue weighted by Crippen LogP contribution is 2.15. The van der Waals surface area contributed by atoms with Crippen molar-refractivity contribution in [2.45, 2.75) is 271 Å². The lowest BCUT2D eigenvalue weighted by Gasteiger charge is -2.18. The molecular weight excluding hydrogens is 1020 g/mol. The van der Waals surface area contributed by atoms with Crippen LogP contribution in [0.15, 0.2) is 182 Å². The minimum absolute atomic E-state index is 0.110. The van der Waals surface area contributed by atoms with Crippen molar-refractivity contribution in [2.24, 2.45) is 0 Å². The third kappa shape index (κ3) is 67.2. The van der Waals surface area contributed by atoms with Gasteiger partial charge in [0.25, 0.3) is 0 Å². The van der Waals surface area contributed by atoms with Gasteiger partial charge in [0.2, 0.25) is 0 Å². The Morgan fingerprint density at radius 1 is 0.265 bits per heavy atom. The van der Waals surface area contributed by atoms with Crippen molar-refractivity contribution in [3.05, 3.63) is 182 Å². The summed E-state index contributed by atoms with van der Waals surface area (Å²) in [6, 6.07) is 0. The van der Waals surface area contributed by atoms with Gasteiger partial charge in [0, 0.05) is 12.8 Å². The topological polar surface area (TPSA) is 78.9 Å². The average Bonchev–Trinajstić information content (AvgIpc) is 3.49. The van der Waals surface area contributed by atoms with Gasteiger partial charge in [0.15, 0.2) is 6.10 Å². The average molecular weight is 1140 g/mol. The van der Waals surface area contributed by atoms with Crippen molar-refractivity contribution >= 4 is 17.9 Å². The van der Waals surface area contributed by atoms with E-state index in [9.17, 15) is 14.4 Å². The second-order valence-electron chi connectivity index (χ2n) is 21.3. The van der Waals surface area contributed by atoms with Crippen molar-refractivity contribution in [2.75, 3.05) is 13.2 Å². The van der Waals surface area contributed by atoms with E-state index in [1.165, 1.54) is 96.3 Å². The summed E-state index contributed by atoms with van der Waals surface area (Å²) in [5.74, 6) is -1.12. The zero-order chi connectivity index (χ0) is 59.9. The Morgan fingerprint density at radius 2 is 0.518 bits per heavy atom. The first-order valence-corrected chi connectivity index (χ1v) is 33.3. The van der Waals surface area contributed by atoms with Crippen LogP contribution >= 0.6 is 0 Å². The highest BCUT2D eigenvalue weighted by Gasteiger charge is 2.19. The summed E-state index contributed by atoms with van der Waals surface area (Å²) in [6.45, 7) is 6.27. The van der Waals surface area contributed by atoms with Crippen LogP contribution in [0.1, 0.15) is 265 Å². The number of rotatable bonds is 58. The molecule has 0 aromatic carbocycles. The third-order valence-corrected chi connectivity index (χ3v) is 13.4. The molecule has 0 spiro atoms. The largest absolute Gasteiger partial charge is 0.462 e. The maximum absolute atomic E-state index is 12.9. The Kier molecular flexibility index (Phi) is 64.4. The molecule has 0 aromatic heterocycles. The molecule has 0 radical (unpaired) electrons. The number of carbonyl (C=O) groups excluding carboxylic acids is 3. The van der Waals surface area contributed by atoms with Gasteiger partial charge in [-0.2, -0.15) is 0 Å². The molecule has 1 atom stereocenters. The molecule has 0 N–H and O–H groups in total. The monoisotopic (exact) mass is 1140 g/mol. The first kappa shape index (κ1) is 77.5. The van der Waals surface area contributed by atoms with E-state index in [1.54, 1.807) is 6.08 Å². The fourth-order valence-electron chi connectivity index (χ4n) is 8.50. The Morgan fingerprint density at radius 3 is 0.867 bits per heavy atom. The normalized spacial score (nSPS) is 13.3. The number of carbonyl (C=O) groups is 3. The van der Waals surface area contributed by atoms with E-state index in [4.69, 9.17) is 14.2 Å². The van der Waals surface area contributed by atoms with Crippen molar-refractivity contribution in [1.82, 2.24) is 0 Å². The van der Waals surface area contributed by atoms with E-state index in [1.807, 2.05) is 6.08 Å². The number of hydrogen-bond acceptors (Lipinski definition) is 6. The lowest BCUT2D eigenvalue weighted by atomic mass is 10.0. The molecule has 0 amide bonds. The van der Waals surface area contributed by atoms with E-state index in [0.29, 0.717) is 6.42 Å². The molecule has 464 valence electrons. The number of ether oxygens (including phenoxy) is 3. The van der Waals surface area contributed by atoms with Gasteiger partial charge in [-0.05, 0) is 141 Å². The lowest BCUT2D eigenvalue weighted by Crippen LogP contribution is -2.30. The smallest absolute Gasteiger partial charge is 0.309 e. The highest BCUT2D eigenvalue weighted by molar-refractivity contribution is 5.72. The molecule has 0 bridgehead atoms. The molecule has 6 nitrogen and oxygen atoms in total. The predicted octanol–water partition coefficient (Wildman–Crippen LogP) is 23.2. The van der Waals surface area contributed by atoms with E-state index in [2.05, 4.69) is 191 Å². The molecule has 0 aliphatic rings. The highest BCUT2D eigenvalue weighted by atomic mass is 16.6. The van der Waals surface area contributed by atoms with E-state index in [0.717, 1.165) is 122 Å². The van der Waals surface area contributed by atoms with Crippen LogP contribution in [-0.4, -0.2) is 37.2 Å².